The van der Waals surface area contributed by atoms with Gasteiger partial charge in [0.15, 0.2) is 0 Å². The van der Waals surface area contributed by atoms with E-state index in [9.17, 15) is 9.59 Å². The second kappa shape index (κ2) is 16.9. The summed E-state index contributed by atoms with van der Waals surface area (Å²) in [4.78, 5) is 39.0. The third kappa shape index (κ3) is 16.8. The lowest BCUT2D eigenvalue weighted by Gasteiger charge is -2.03. The van der Waals surface area contributed by atoms with E-state index in [1.165, 1.54) is 0 Å². The molecule has 0 spiro atoms. The van der Waals surface area contributed by atoms with Crippen LogP contribution < -0.4 is 0 Å². The highest BCUT2D eigenvalue weighted by atomic mass is 17.5. The monoisotopic (exact) mass is 338 g/mol. The smallest absolute Gasteiger partial charge is 0.323 e. The van der Waals surface area contributed by atoms with Crippen LogP contribution in [0.1, 0.15) is 65.2 Å². The number of carbonyl (C=O) groups is 2. The standard InChI is InChI=1S/C14H26O9/c1-3-5-7-9-11-17-22-20-13(15)19-14(16)21-23-18-12-10-8-6-4-2/h3-12H2,1-2H3. The number of ether oxygens (including phenoxy) is 1. The van der Waals surface area contributed by atoms with Crippen molar-refractivity contribution in [3.05, 3.63) is 0 Å². The van der Waals surface area contributed by atoms with Crippen molar-refractivity contribution in [2.45, 2.75) is 65.2 Å². The van der Waals surface area contributed by atoms with Gasteiger partial charge < -0.3 is 4.74 Å². The normalized spacial score (nSPS) is 10.3. The Kier molecular flexibility index (Phi) is 15.9. The van der Waals surface area contributed by atoms with Crippen LogP contribution in [0.2, 0.25) is 0 Å². The lowest BCUT2D eigenvalue weighted by molar-refractivity contribution is -0.493. The maximum atomic E-state index is 10.9. The molecular formula is C14H26O9. The van der Waals surface area contributed by atoms with Crippen LogP contribution in [0.15, 0.2) is 0 Å². The molecule has 0 saturated heterocycles. The molecule has 23 heavy (non-hydrogen) atoms. The Hall–Kier alpha value is -1.42. The van der Waals surface area contributed by atoms with E-state index in [1.54, 1.807) is 0 Å². The van der Waals surface area contributed by atoms with E-state index in [-0.39, 0.29) is 13.2 Å². The maximum Gasteiger partial charge on any atom is 0.553 e. The highest BCUT2D eigenvalue weighted by molar-refractivity contribution is 5.76. The molecule has 0 rings (SSSR count). The van der Waals surface area contributed by atoms with Gasteiger partial charge in [-0.05, 0) is 22.9 Å². The van der Waals surface area contributed by atoms with E-state index < -0.39 is 12.3 Å². The van der Waals surface area contributed by atoms with Crippen molar-refractivity contribution in [1.82, 2.24) is 0 Å². The average Bonchev–Trinajstić information content (AvgIpc) is 2.53. The van der Waals surface area contributed by atoms with Crippen molar-refractivity contribution in [3.8, 4) is 0 Å². The minimum Gasteiger partial charge on any atom is -0.323 e. The van der Waals surface area contributed by atoms with Crippen LogP contribution in [0.3, 0.4) is 0 Å². The molecule has 0 atom stereocenters. The Balaban J connectivity index is 3.36. The molecule has 9 nitrogen and oxygen atoms in total. The highest BCUT2D eigenvalue weighted by Crippen LogP contribution is 2.01. The molecule has 0 aliphatic carbocycles. The third-order valence-corrected chi connectivity index (χ3v) is 2.63. The fourth-order valence-corrected chi connectivity index (χ4v) is 1.45. The Morgan fingerprint density at radius 3 is 1.48 bits per heavy atom. The summed E-state index contributed by atoms with van der Waals surface area (Å²) in [6.07, 6.45) is 4.93. The first kappa shape index (κ1) is 21.6. The van der Waals surface area contributed by atoms with E-state index in [2.05, 4.69) is 48.2 Å². The summed E-state index contributed by atoms with van der Waals surface area (Å²) >= 11 is 0. The summed E-state index contributed by atoms with van der Waals surface area (Å²) in [5.74, 6) is 0. The van der Waals surface area contributed by atoms with Gasteiger partial charge in [-0.3, -0.25) is 0 Å². The second-order valence-electron chi connectivity index (χ2n) is 4.67. The highest BCUT2D eigenvalue weighted by Gasteiger charge is 2.16. The van der Waals surface area contributed by atoms with Gasteiger partial charge in [0, 0.05) is 0 Å². The van der Waals surface area contributed by atoms with E-state index >= 15 is 0 Å². The third-order valence-electron chi connectivity index (χ3n) is 2.63. The van der Waals surface area contributed by atoms with E-state index in [1.807, 2.05) is 0 Å². The Labute approximate surface area is 135 Å². The van der Waals surface area contributed by atoms with Crippen LogP contribution in [0.25, 0.3) is 0 Å². The number of rotatable bonds is 14. The van der Waals surface area contributed by atoms with Gasteiger partial charge in [0.2, 0.25) is 0 Å². The lowest BCUT2D eigenvalue weighted by Crippen LogP contribution is -2.16. The van der Waals surface area contributed by atoms with Gasteiger partial charge in [0.25, 0.3) is 0 Å². The molecule has 0 aliphatic rings. The van der Waals surface area contributed by atoms with Crippen LogP contribution in [-0.4, -0.2) is 25.5 Å². The maximum absolute atomic E-state index is 10.9. The molecule has 0 unspecified atom stereocenters. The summed E-state index contributed by atoms with van der Waals surface area (Å²) in [6, 6.07) is 0. The molecule has 0 aromatic rings. The van der Waals surface area contributed by atoms with Crippen molar-refractivity contribution in [2.24, 2.45) is 0 Å². The Morgan fingerprint density at radius 1 is 0.652 bits per heavy atom. The van der Waals surface area contributed by atoms with Gasteiger partial charge >= 0.3 is 12.3 Å². The molecule has 0 saturated carbocycles. The average molecular weight is 338 g/mol. The molecular weight excluding hydrogens is 312 g/mol. The Bertz CT molecular complexity index is 268. The zero-order valence-corrected chi connectivity index (χ0v) is 13.7. The summed E-state index contributed by atoms with van der Waals surface area (Å²) in [6.45, 7) is 4.67. The number of hydrogen-bond donors (Lipinski definition) is 0. The molecule has 0 aliphatic heterocycles. The molecule has 136 valence electrons. The number of carbonyl (C=O) groups excluding carboxylic acids is 2. The summed E-state index contributed by atoms with van der Waals surface area (Å²) < 4.78 is 4.01. The van der Waals surface area contributed by atoms with Gasteiger partial charge in [-0.25, -0.2) is 9.78 Å². The molecule has 0 N–H and O–H groups in total. The topological polar surface area (TPSA) is 98.8 Å². The van der Waals surface area contributed by atoms with E-state index in [0.29, 0.717) is 0 Å². The molecule has 0 fully saturated rings. The quantitative estimate of drug-likeness (QED) is 0.152. The van der Waals surface area contributed by atoms with Crippen molar-refractivity contribution < 1.29 is 44.0 Å². The first-order valence-electron chi connectivity index (χ1n) is 7.88. The molecule has 9 heteroatoms. The minimum atomic E-state index is -1.45. The van der Waals surface area contributed by atoms with Gasteiger partial charge in [-0.2, -0.15) is 19.4 Å². The largest absolute Gasteiger partial charge is 0.553 e. The Morgan fingerprint density at radius 2 is 1.09 bits per heavy atom. The van der Waals surface area contributed by atoms with Crippen LogP contribution in [-0.2, 0) is 34.4 Å². The SMILES string of the molecule is CCCCCCOOOC(=O)OC(=O)OOOCCCCCC. The first-order valence-corrected chi connectivity index (χ1v) is 7.88. The van der Waals surface area contributed by atoms with Gasteiger partial charge in [-0.15, -0.1) is 0 Å². The summed E-state index contributed by atoms with van der Waals surface area (Å²) in [5.41, 5.74) is 0. The number of hydrogen-bond acceptors (Lipinski definition) is 9. The van der Waals surface area contributed by atoms with Crippen molar-refractivity contribution in [1.29, 1.82) is 0 Å². The lowest BCUT2D eigenvalue weighted by atomic mass is 10.2. The van der Waals surface area contributed by atoms with Crippen LogP contribution in [0, 0.1) is 0 Å². The second-order valence-corrected chi connectivity index (χ2v) is 4.67. The zero-order valence-electron chi connectivity index (χ0n) is 13.7. The molecule has 0 radical (unpaired) electrons. The fraction of sp³-hybridized carbons (Fsp3) is 0.857. The van der Waals surface area contributed by atoms with Crippen molar-refractivity contribution in [2.75, 3.05) is 13.2 Å². The fourth-order valence-electron chi connectivity index (χ4n) is 1.45. The van der Waals surface area contributed by atoms with Crippen LogP contribution in [0.4, 0.5) is 9.59 Å². The first-order chi connectivity index (χ1) is 11.2. The van der Waals surface area contributed by atoms with E-state index in [4.69, 9.17) is 0 Å². The van der Waals surface area contributed by atoms with Crippen LogP contribution in [0.5, 0.6) is 0 Å². The predicted octanol–water partition coefficient (Wildman–Crippen LogP) is 4.16. The molecule has 0 heterocycles. The molecule has 0 aromatic carbocycles. The summed E-state index contributed by atoms with van der Waals surface area (Å²) in [7, 11) is 0. The number of unbranched alkanes of at least 4 members (excludes halogenated alkanes) is 6. The minimum absolute atomic E-state index is 0.257. The van der Waals surface area contributed by atoms with Crippen molar-refractivity contribution in [3.63, 3.8) is 0 Å². The molecule has 0 bridgehead atoms. The van der Waals surface area contributed by atoms with Gasteiger partial charge in [0.05, 0.1) is 13.2 Å². The van der Waals surface area contributed by atoms with Crippen molar-refractivity contribution >= 4 is 12.3 Å². The van der Waals surface area contributed by atoms with E-state index in [0.717, 1.165) is 51.4 Å². The van der Waals surface area contributed by atoms with Gasteiger partial charge in [0.1, 0.15) is 0 Å². The predicted molar refractivity (Wildman–Crippen MR) is 76.4 cm³/mol. The summed E-state index contributed by atoms with van der Waals surface area (Å²) in [5, 5.41) is 8.21. The molecule has 0 amide bonds. The van der Waals surface area contributed by atoms with Crippen LogP contribution >= 0.6 is 0 Å². The zero-order chi connectivity index (χ0) is 17.2. The molecule has 0 aromatic heterocycles. The van der Waals surface area contributed by atoms with Gasteiger partial charge in [-0.1, -0.05) is 52.4 Å².